The number of carbonyl (C=O) groups is 2. The lowest BCUT2D eigenvalue weighted by Gasteiger charge is -2.21. The van der Waals surface area contributed by atoms with E-state index in [2.05, 4.69) is 10.6 Å². The number of nitrogen functional groups attached to an aromatic ring is 1. The summed E-state index contributed by atoms with van der Waals surface area (Å²) >= 11 is 0. The van der Waals surface area contributed by atoms with Gasteiger partial charge in [-0.05, 0) is 49.1 Å². The Balaban J connectivity index is 0.00000392. The Morgan fingerprint density at radius 3 is 2.39 bits per heavy atom. The van der Waals surface area contributed by atoms with Crippen molar-refractivity contribution >= 4 is 35.6 Å². The number of benzene rings is 2. The van der Waals surface area contributed by atoms with Gasteiger partial charge < -0.3 is 21.1 Å². The van der Waals surface area contributed by atoms with Crippen LogP contribution >= 0.6 is 12.4 Å². The summed E-state index contributed by atoms with van der Waals surface area (Å²) in [6, 6.07) is 11.7. The van der Waals surface area contributed by atoms with Crippen LogP contribution in [-0.2, 0) is 4.79 Å². The fraction of sp³-hybridized carbons (Fsp3) is 0.333. The first-order valence-corrected chi connectivity index (χ1v) is 8.92. The van der Waals surface area contributed by atoms with Crippen LogP contribution in [0.25, 0.3) is 0 Å². The molecule has 0 aliphatic heterocycles. The SMILES string of the molecule is COc1ccc(NC(=O)C(CC(C)C)NC(=O)c2ccccc2C)cc1N.Cl. The smallest absolute Gasteiger partial charge is 0.252 e. The van der Waals surface area contributed by atoms with E-state index in [1.165, 1.54) is 7.11 Å². The van der Waals surface area contributed by atoms with Gasteiger partial charge in [0.25, 0.3) is 5.91 Å². The number of halogens is 1. The molecule has 28 heavy (non-hydrogen) atoms. The zero-order valence-corrected chi connectivity index (χ0v) is 17.4. The Morgan fingerprint density at radius 1 is 1.14 bits per heavy atom. The third kappa shape index (κ3) is 6.16. The summed E-state index contributed by atoms with van der Waals surface area (Å²) in [4.78, 5) is 25.4. The predicted octanol–water partition coefficient (Wildman–Crippen LogP) is 3.79. The van der Waals surface area contributed by atoms with E-state index in [1.54, 1.807) is 30.3 Å². The monoisotopic (exact) mass is 405 g/mol. The molecule has 0 fully saturated rings. The van der Waals surface area contributed by atoms with E-state index >= 15 is 0 Å². The molecule has 0 spiro atoms. The van der Waals surface area contributed by atoms with Crippen LogP contribution in [0.4, 0.5) is 11.4 Å². The molecule has 0 saturated carbocycles. The summed E-state index contributed by atoms with van der Waals surface area (Å²) in [6.45, 7) is 5.88. The van der Waals surface area contributed by atoms with Crippen LogP contribution in [0.3, 0.4) is 0 Å². The quantitative estimate of drug-likeness (QED) is 0.611. The van der Waals surface area contributed by atoms with Gasteiger partial charge in [0, 0.05) is 11.3 Å². The van der Waals surface area contributed by atoms with E-state index in [0.717, 1.165) is 5.56 Å². The van der Waals surface area contributed by atoms with Crippen molar-refractivity contribution in [2.24, 2.45) is 5.92 Å². The molecule has 2 rings (SSSR count). The molecule has 2 aromatic carbocycles. The molecule has 0 aromatic heterocycles. The molecule has 4 N–H and O–H groups in total. The van der Waals surface area contributed by atoms with Crippen molar-refractivity contribution in [1.29, 1.82) is 0 Å². The minimum atomic E-state index is -0.652. The van der Waals surface area contributed by atoms with E-state index < -0.39 is 6.04 Å². The normalized spacial score (nSPS) is 11.3. The summed E-state index contributed by atoms with van der Waals surface area (Å²) in [6.07, 6.45) is 0.523. The maximum atomic E-state index is 12.8. The van der Waals surface area contributed by atoms with E-state index in [9.17, 15) is 9.59 Å². The first-order valence-electron chi connectivity index (χ1n) is 8.92. The van der Waals surface area contributed by atoms with Gasteiger partial charge in [-0.15, -0.1) is 12.4 Å². The van der Waals surface area contributed by atoms with E-state index in [-0.39, 0.29) is 30.1 Å². The second kappa shape index (κ2) is 10.6. The van der Waals surface area contributed by atoms with Gasteiger partial charge in [-0.25, -0.2) is 0 Å². The summed E-state index contributed by atoms with van der Waals surface area (Å²) in [7, 11) is 1.53. The number of methoxy groups -OCH3 is 1. The van der Waals surface area contributed by atoms with E-state index in [1.807, 2.05) is 32.9 Å². The van der Waals surface area contributed by atoms with Crippen molar-refractivity contribution in [1.82, 2.24) is 5.32 Å². The Bertz CT molecular complexity index is 824. The highest BCUT2D eigenvalue weighted by molar-refractivity contribution is 6.02. The van der Waals surface area contributed by atoms with Gasteiger partial charge in [0.15, 0.2) is 0 Å². The highest BCUT2D eigenvalue weighted by Crippen LogP contribution is 2.24. The number of nitrogens with one attached hydrogen (secondary N) is 2. The van der Waals surface area contributed by atoms with Crippen LogP contribution in [0.15, 0.2) is 42.5 Å². The molecule has 0 aliphatic rings. The second-order valence-electron chi connectivity index (χ2n) is 6.92. The summed E-state index contributed by atoms with van der Waals surface area (Å²) < 4.78 is 5.12. The summed E-state index contributed by atoms with van der Waals surface area (Å²) in [5.41, 5.74) is 8.30. The average molecular weight is 406 g/mol. The fourth-order valence-electron chi connectivity index (χ4n) is 2.81. The number of hydrogen-bond donors (Lipinski definition) is 3. The molecule has 0 aliphatic carbocycles. The molecular weight excluding hydrogens is 378 g/mol. The Kier molecular flexibility index (Phi) is 8.79. The van der Waals surface area contributed by atoms with Crippen LogP contribution in [0.1, 0.15) is 36.2 Å². The van der Waals surface area contributed by atoms with Crippen molar-refractivity contribution < 1.29 is 14.3 Å². The van der Waals surface area contributed by atoms with Gasteiger partial charge in [0.2, 0.25) is 5.91 Å². The fourth-order valence-corrected chi connectivity index (χ4v) is 2.81. The third-order valence-corrected chi connectivity index (χ3v) is 4.22. The number of amides is 2. The number of rotatable bonds is 7. The lowest BCUT2D eigenvalue weighted by molar-refractivity contribution is -0.118. The lowest BCUT2D eigenvalue weighted by Crippen LogP contribution is -2.44. The summed E-state index contributed by atoms with van der Waals surface area (Å²) in [5.74, 6) is 0.233. The number of ether oxygens (including phenoxy) is 1. The van der Waals surface area contributed by atoms with Crippen LogP contribution in [0.5, 0.6) is 5.75 Å². The zero-order valence-electron chi connectivity index (χ0n) is 16.6. The van der Waals surface area contributed by atoms with Crippen molar-refractivity contribution in [3.05, 3.63) is 53.6 Å². The molecule has 7 heteroatoms. The molecule has 0 saturated heterocycles. The van der Waals surface area contributed by atoms with Crippen molar-refractivity contribution in [3.63, 3.8) is 0 Å². The average Bonchev–Trinajstić information content (AvgIpc) is 2.61. The number of anilines is 2. The number of carbonyl (C=O) groups excluding carboxylic acids is 2. The highest BCUT2D eigenvalue weighted by atomic mass is 35.5. The molecule has 6 nitrogen and oxygen atoms in total. The first-order chi connectivity index (χ1) is 12.8. The van der Waals surface area contributed by atoms with Gasteiger partial charge >= 0.3 is 0 Å². The van der Waals surface area contributed by atoms with Crippen LogP contribution < -0.4 is 21.1 Å². The second-order valence-corrected chi connectivity index (χ2v) is 6.92. The Labute approximate surface area is 172 Å². The van der Waals surface area contributed by atoms with Crippen LogP contribution in [0.2, 0.25) is 0 Å². The van der Waals surface area contributed by atoms with Crippen LogP contribution in [0, 0.1) is 12.8 Å². The van der Waals surface area contributed by atoms with Gasteiger partial charge in [-0.3, -0.25) is 9.59 Å². The molecule has 2 aromatic rings. The van der Waals surface area contributed by atoms with Gasteiger partial charge in [0.05, 0.1) is 12.8 Å². The highest BCUT2D eigenvalue weighted by Gasteiger charge is 2.23. The topological polar surface area (TPSA) is 93.5 Å². The predicted molar refractivity (Wildman–Crippen MR) is 115 cm³/mol. The number of aryl methyl sites for hydroxylation is 1. The minimum Gasteiger partial charge on any atom is -0.495 e. The van der Waals surface area contributed by atoms with Gasteiger partial charge in [-0.1, -0.05) is 32.0 Å². The van der Waals surface area contributed by atoms with Crippen LogP contribution in [-0.4, -0.2) is 25.0 Å². The lowest BCUT2D eigenvalue weighted by atomic mass is 10.0. The molecule has 1 atom stereocenters. The van der Waals surface area contributed by atoms with Crippen molar-refractivity contribution in [3.8, 4) is 5.75 Å². The molecular formula is C21H28ClN3O3. The van der Waals surface area contributed by atoms with E-state index in [4.69, 9.17) is 10.5 Å². The molecule has 0 radical (unpaired) electrons. The van der Waals surface area contributed by atoms with Gasteiger partial charge in [0.1, 0.15) is 11.8 Å². The standard InChI is InChI=1S/C21H27N3O3.ClH/c1-13(2)11-18(24-20(25)16-8-6-5-7-14(16)3)21(26)23-15-9-10-19(27-4)17(22)12-15;/h5-10,12-13,18H,11,22H2,1-4H3,(H,23,26)(H,24,25);1H. The molecule has 0 bridgehead atoms. The maximum absolute atomic E-state index is 12.8. The Hall–Kier alpha value is -2.73. The minimum absolute atomic E-state index is 0. The third-order valence-electron chi connectivity index (χ3n) is 4.22. The van der Waals surface area contributed by atoms with E-state index in [0.29, 0.717) is 29.1 Å². The maximum Gasteiger partial charge on any atom is 0.252 e. The Morgan fingerprint density at radius 2 is 1.82 bits per heavy atom. The van der Waals surface area contributed by atoms with Crippen molar-refractivity contribution in [2.75, 3.05) is 18.2 Å². The zero-order chi connectivity index (χ0) is 20.0. The molecule has 2 amide bonds. The molecule has 152 valence electrons. The molecule has 0 heterocycles. The summed E-state index contributed by atoms with van der Waals surface area (Å²) in [5, 5.41) is 5.68. The number of nitrogens with two attached hydrogens (primary N) is 1. The first kappa shape index (κ1) is 23.3. The molecule has 1 unspecified atom stereocenters. The largest absolute Gasteiger partial charge is 0.495 e. The van der Waals surface area contributed by atoms with Crippen molar-refractivity contribution in [2.45, 2.75) is 33.2 Å². The van der Waals surface area contributed by atoms with Gasteiger partial charge in [-0.2, -0.15) is 0 Å². The number of hydrogen-bond acceptors (Lipinski definition) is 4.